The average molecular weight is 224 g/mol. The second-order valence-corrected chi connectivity index (χ2v) is 3.79. The van der Waals surface area contributed by atoms with Gasteiger partial charge in [-0.1, -0.05) is 12.1 Å². The van der Waals surface area contributed by atoms with Crippen LogP contribution in [0.1, 0.15) is 24.8 Å². The van der Waals surface area contributed by atoms with Crippen LogP contribution in [0.5, 0.6) is 5.75 Å². The molecule has 1 unspecified atom stereocenters. The molecule has 1 N–H and O–H groups in total. The predicted molar refractivity (Wildman–Crippen MR) is 63.6 cm³/mol. The number of aliphatic hydroxyl groups is 1. The Morgan fingerprint density at radius 1 is 1.25 bits per heavy atom. The Bertz CT molecular complexity index is 299. The van der Waals surface area contributed by atoms with Crippen LogP contribution in [0, 0.1) is 0 Å². The molecule has 3 nitrogen and oxygen atoms in total. The largest absolute Gasteiger partial charge is 0.497 e. The maximum absolute atomic E-state index is 9.20. The predicted octanol–water partition coefficient (Wildman–Crippen LogP) is 2.37. The van der Waals surface area contributed by atoms with Crippen molar-refractivity contribution in [1.29, 1.82) is 0 Å². The van der Waals surface area contributed by atoms with Gasteiger partial charge in [-0.25, -0.2) is 0 Å². The number of ether oxygens (including phenoxy) is 2. The fourth-order valence-electron chi connectivity index (χ4n) is 1.59. The number of rotatable bonds is 7. The summed E-state index contributed by atoms with van der Waals surface area (Å²) in [6.07, 6.45) is 3.10. The zero-order valence-electron chi connectivity index (χ0n) is 9.98. The van der Waals surface area contributed by atoms with Gasteiger partial charge in [0.05, 0.1) is 7.11 Å². The summed E-state index contributed by atoms with van der Waals surface area (Å²) in [6, 6.07) is 8.08. The Labute approximate surface area is 97.0 Å². The van der Waals surface area contributed by atoms with Crippen molar-refractivity contribution in [2.24, 2.45) is 0 Å². The van der Waals surface area contributed by atoms with Crippen molar-refractivity contribution >= 4 is 0 Å². The molecule has 1 rings (SSSR count). The number of methoxy groups -OCH3 is 2. The van der Waals surface area contributed by atoms with E-state index in [1.165, 1.54) is 12.7 Å². The molecule has 0 amide bonds. The van der Waals surface area contributed by atoms with Gasteiger partial charge in [-0.05, 0) is 43.4 Å². The first-order valence-corrected chi connectivity index (χ1v) is 5.60. The molecule has 3 heteroatoms. The molecule has 0 radical (unpaired) electrons. The maximum Gasteiger partial charge on any atom is 0.154 e. The van der Waals surface area contributed by atoms with Crippen LogP contribution < -0.4 is 4.74 Å². The van der Waals surface area contributed by atoms with Crippen LogP contribution in [-0.4, -0.2) is 25.6 Å². The number of aryl methyl sites for hydroxylation is 1. The van der Waals surface area contributed by atoms with E-state index in [-0.39, 0.29) is 0 Å². The molecule has 0 aliphatic heterocycles. The van der Waals surface area contributed by atoms with Crippen molar-refractivity contribution in [3.05, 3.63) is 29.8 Å². The lowest BCUT2D eigenvalue weighted by atomic mass is 10.1. The smallest absolute Gasteiger partial charge is 0.154 e. The molecule has 0 fully saturated rings. The standard InChI is InChI=1S/C13H20O3/c1-15-12-8-5-7-11(10-12)6-3-4-9-13(14)16-2/h5,7-8,10,13-14H,3-4,6,9H2,1-2H3. The molecule has 0 aromatic heterocycles. The third-order valence-electron chi connectivity index (χ3n) is 2.57. The summed E-state index contributed by atoms with van der Waals surface area (Å²) in [4.78, 5) is 0. The average Bonchev–Trinajstić information content (AvgIpc) is 2.34. The van der Waals surface area contributed by atoms with Gasteiger partial charge in [0.15, 0.2) is 6.29 Å². The van der Waals surface area contributed by atoms with E-state index in [4.69, 9.17) is 9.47 Å². The molecule has 1 atom stereocenters. The number of aliphatic hydroxyl groups excluding tert-OH is 1. The highest BCUT2D eigenvalue weighted by Crippen LogP contribution is 2.15. The number of unbranched alkanes of at least 4 members (excludes halogenated alkanes) is 1. The highest BCUT2D eigenvalue weighted by atomic mass is 16.6. The molecule has 0 spiro atoms. The molecule has 0 bridgehead atoms. The van der Waals surface area contributed by atoms with Crippen molar-refractivity contribution < 1.29 is 14.6 Å². The van der Waals surface area contributed by atoms with Crippen LogP contribution in [0.15, 0.2) is 24.3 Å². The van der Waals surface area contributed by atoms with Gasteiger partial charge < -0.3 is 14.6 Å². The summed E-state index contributed by atoms with van der Waals surface area (Å²) in [5.74, 6) is 0.898. The topological polar surface area (TPSA) is 38.7 Å². The van der Waals surface area contributed by atoms with E-state index in [0.717, 1.165) is 25.0 Å². The minimum atomic E-state index is -0.620. The van der Waals surface area contributed by atoms with E-state index in [9.17, 15) is 5.11 Å². The Hall–Kier alpha value is -1.06. The number of hydrogen-bond donors (Lipinski definition) is 1. The maximum atomic E-state index is 9.20. The van der Waals surface area contributed by atoms with E-state index in [2.05, 4.69) is 6.07 Å². The van der Waals surface area contributed by atoms with Crippen molar-refractivity contribution in [2.45, 2.75) is 32.0 Å². The summed E-state index contributed by atoms with van der Waals surface area (Å²) < 4.78 is 9.93. The summed E-state index contributed by atoms with van der Waals surface area (Å²) in [6.45, 7) is 0. The lowest BCUT2D eigenvalue weighted by Crippen LogP contribution is -2.08. The fourth-order valence-corrected chi connectivity index (χ4v) is 1.59. The van der Waals surface area contributed by atoms with Gasteiger partial charge in [-0.2, -0.15) is 0 Å². The highest BCUT2D eigenvalue weighted by molar-refractivity contribution is 5.28. The van der Waals surface area contributed by atoms with Crippen molar-refractivity contribution in [3.8, 4) is 5.75 Å². The molecule has 0 aliphatic rings. The normalized spacial score (nSPS) is 12.4. The first kappa shape index (κ1) is 13.0. The van der Waals surface area contributed by atoms with Gasteiger partial charge in [-0.15, -0.1) is 0 Å². The van der Waals surface area contributed by atoms with Crippen LogP contribution in [0.25, 0.3) is 0 Å². The highest BCUT2D eigenvalue weighted by Gasteiger charge is 2.01. The second kappa shape index (κ2) is 7.25. The van der Waals surface area contributed by atoms with Gasteiger partial charge in [0, 0.05) is 7.11 Å². The van der Waals surface area contributed by atoms with Crippen molar-refractivity contribution in [3.63, 3.8) is 0 Å². The molecule has 0 heterocycles. The van der Waals surface area contributed by atoms with E-state index < -0.39 is 6.29 Å². The third kappa shape index (κ3) is 4.64. The van der Waals surface area contributed by atoms with E-state index >= 15 is 0 Å². The second-order valence-electron chi connectivity index (χ2n) is 3.79. The lowest BCUT2D eigenvalue weighted by molar-refractivity contribution is -0.0792. The van der Waals surface area contributed by atoms with Gasteiger partial charge >= 0.3 is 0 Å². The molecule has 16 heavy (non-hydrogen) atoms. The van der Waals surface area contributed by atoms with E-state index in [0.29, 0.717) is 6.42 Å². The quantitative estimate of drug-likeness (QED) is 0.571. The molecule has 0 saturated heterocycles. The van der Waals surface area contributed by atoms with Crippen LogP contribution in [0.3, 0.4) is 0 Å². The first-order chi connectivity index (χ1) is 7.76. The lowest BCUT2D eigenvalue weighted by Gasteiger charge is -2.08. The number of benzene rings is 1. The Morgan fingerprint density at radius 3 is 2.75 bits per heavy atom. The Kier molecular flexibility index (Phi) is 5.90. The van der Waals surface area contributed by atoms with Gasteiger partial charge in [-0.3, -0.25) is 0 Å². The Balaban J connectivity index is 2.26. The first-order valence-electron chi connectivity index (χ1n) is 5.60. The van der Waals surface area contributed by atoms with E-state index in [1.807, 2.05) is 18.2 Å². The zero-order chi connectivity index (χ0) is 11.8. The third-order valence-corrected chi connectivity index (χ3v) is 2.57. The van der Waals surface area contributed by atoms with Crippen LogP contribution in [-0.2, 0) is 11.2 Å². The molecule has 0 aliphatic carbocycles. The molecule has 1 aromatic rings. The SMILES string of the molecule is COc1cccc(CCCCC(O)OC)c1. The van der Waals surface area contributed by atoms with Gasteiger partial charge in [0.25, 0.3) is 0 Å². The molecule has 1 aromatic carbocycles. The molecule has 90 valence electrons. The fraction of sp³-hybridized carbons (Fsp3) is 0.538. The molecular weight excluding hydrogens is 204 g/mol. The minimum absolute atomic E-state index is 0.620. The van der Waals surface area contributed by atoms with Crippen molar-refractivity contribution in [1.82, 2.24) is 0 Å². The summed E-state index contributed by atoms with van der Waals surface area (Å²) in [7, 11) is 3.20. The monoisotopic (exact) mass is 224 g/mol. The Morgan fingerprint density at radius 2 is 2.06 bits per heavy atom. The summed E-state index contributed by atoms with van der Waals surface area (Å²) in [5, 5.41) is 9.20. The summed E-state index contributed by atoms with van der Waals surface area (Å²) >= 11 is 0. The minimum Gasteiger partial charge on any atom is -0.497 e. The molecule has 0 saturated carbocycles. The van der Waals surface area contributed by atoms with Crippen molar-refractivity contribution in [2.75, 3.05) is 14.2 Å². The van der Waals surface area contributed by atoms with E-state index in [1.54, 1.807) is 7.11 Å². The van der Waals surface area contributed by atoms with Crippen LogP contribution >= 0.6 is 0 Å². The van der Waals surface area contributed by atoms with Crippen LogP contribution in [0.4, 0.5) is 0 Å². The van der Waals surface area contributed by atoms with Gasteiger partial charge in [0.2, 0.25) is 0 Å². The zero-order valence-corrected chi connectivity index (χ0v) is 9.98. The van der Waals surface area contributed by atoms with Gasteiger partial charge in [0.1, 0.15) is 5.75 Å². The van der Waals surface area contributed by atoms with Crippen LogP contribution in [0.2, 0.25) is 0 Å². The molecular formula is C13H20O3. The number of hydrogen-bond acceptors (Lipinski definition) is 3. The summed E-state index contributed by atoms with van der Waals surface area (Å²) in [5.41, 5.74) is 1.27.